The van der Waals surface area contributed by atoms with Crippen LogP contribution in [0.25, 0.3) is 0 Å². The second-order valence-corrected chi connectivity index (χ2v) is 5.03. The summed E-state index contributed by atoms with van der Waals surface area (Å²) >= 11 is 0. The molecule has 2 aromatic rings. The molecule has 1 aromatic heterocycles. The summed E-state index contributed by atoms with van der Waals surface area (Å²) in [7, 11) is 1.59. The number of nitrogens with zero attached hydrogens (tertiary/aromatic N) is 2. The maximum Gasteiger partial charge on any atom is 0.257 e. The highest BCUT2D eigenvalue weighted by atomic mass is 16.5. The van der Waals surface area contributed by atoms with Gasteiger partial charge in [0.25, 0.3) is 5.91 Å². The van der Waals surface area contributed by atoms with E-state index >= 15 is 0 Å². The lowest BCUT2D eigenvalue weighted by Gasteiger charge is -2.13. The van der Waals surface area contributed by atoms with E-state index in [1.54, 1.807) is 31.6 Å². The number of rotatable bonds is 4. The maximum absolute atomic E-state index is 12.4. The highest BCUT2D eigenvalue weighted by molar-refractivity contribution is 6.05. The van der Waals surface area contributed by atoms with Crippen LogP contribution in [-0.4, -0.2) is 23.0 Å². The van der Waals surface area contributed by atoms with Crippen LogP contribution in [-0.2, 0) is 0 Å². The van der Waals surface area contributed by atoms with Gasteiger partial charge in [-0.3, -0.25) is 9.78 Å². The molecule has 1 aromatic carbocycles. The zero-order valence-electron chi connectivity index (χ0n) is 12.7. The molecule has 0 bridgehead atoms. The van der Waals surface area contributed by atoms with Gasteiger partial charge >= 0.3 is 0 Å². The molecule has 1 N–H and O–H groups in total. The third kappa shape index (κ3) is 3.18. The smallest absolute Gasteiger partial charge is 0.257 e. The minimum Gasteiger partial charge on any atom is -0.496 e. The Morgan fingerprint density at radius 3 is 2.62 bits per heavy atom. The summed E-state index contributed by atoms with van der Waals surface area (Å²) in [6.07, 6.45) is 3.20. The molecular weight excluding hydrogens is 266 g/mol. The molecule has 0 radical (unpaired) electrons. The van der Waals surface area contributed by atoms with Crippen molar-refractivity contribution in [2.75, 3.05) is 12.4 Å². The Morgan fingerprint density at radius 1 is 1.24 bits per heavy atom. The fraction of sp³-hybridized carbons (Fsp3) is 0.312. The molecule has 0 aliphatic rings. The third-order valence-electron chi connectivity index (χ3n) is 3.25. The van der Waals surface area contributed by atoms with Crippen molar-refractivity contribution in [2.45, 2.75) is 26.7 Å². The summed E-state index contributed by atoms with van der Waals surface area (Å²) in [5.74, 6) is 1.15. The Labute approximate surface area is 124 Å². The van der Waals surface area contributed by atoms with E-state index in [1.165, 1.54) is 0 Å². The minimum atomic E-state index is -0.214. The van der Waals surface area contributed by atoms with Gasteiger partial charge in [-0.15, -0.1) is 0 Å². The zero-order valence-corrected chi connectivity index (χ0v) is 12.7. The third-order valence-corrected chi connectivity index (χ3v) is 3.25. The SMILES string of the molecule is COc1cccc(C(=O)Nc2nccnc2C(C)C)c1C. The van der Waals surface area contributed by atoms with E-state index in [0.29, 0.717) is 17.1 Å². The van der Waals surface area contributed by atoms with Gasteiger partial charge in [0.15, 0.2) is 5.82 Å². The molecule has 2 rings (SSSR count). The monoisotopic (exact) mass is 285 g/mol. The fourth-order valence-electron chi connectivity index (χ4n) is 2.12. The molecule has 21 heavy (non-hydrogen) atoms. The summed E-state index contributed by atoms with van der Waals surface area (Å²) < 4.78 is 5.24. The molecule has 0 saturated heterocycles. The molecule has 0 fully saturated rings. The second kappa shape index (κ2) is 6.35. The van der Waals surface area contributed by atoms with E-state index in [9.17, 15) is 4.79 Å². The Kier molecular flexibility index (Phi) is 4.52. The number of nitrogens with one attached hydrogen (secondary N) is 1. The molecule has 0 aliphatic heterocycles. The van der Waals surface area contributed by atoms with Gasteiger partial charge in [0.1, 0.15) is 5.75 Å². The molecule has 0 saturated carbocycles. The number of anilines is 1. The largest absolute Gasteiger partial charge is 0.496 e. The van der Waals surface area contributed by atoms with Crippen molar-refractivity contribution < 1.29 is 9.53 Å². The van der Waals surface area contributed by atoms with Crippen molar-refractivity contribution >= 4 is 11.7 Å². The lowest BCUT2D eigenvalue weighted by atomic mass is 10.1. The molecule has 0 spiro atoms. The Morgan fingerprint density at radius 2 is 1.95 bits per heavy atom. The van der Waals surface area contributed by atoms with E-state index < -0.39 is 0 Å². The topological polar surface area (TPSA) is 64.1 Å². The first-order valence-corrected chi connectivity index (χ1v) is 6.80. The zero-order chi connectivity index (χ0) is 15.4. The first-order valence-electron chi connectivity index (χ1n) is 6.80. The number of ether oxygens (including phenoxy) is 1. The molecule has 1 heterocycles. The number of methoxy groups -OCH3 is 1. The van der Waals surface area contributed by atoms with E-state index in [1.807, 2.05) is 26.8 Å². The van der Waals surface area contributed by atoms with Crippen LogP contribution >= 0.6 is 0 Å². The summed E-state index contributed by atoms with van der Waals surface area (Å²) in [4.78, 5) is 20.9. The molecule has 0 unspecified atom stereocenters. The molecular formula is C16H19N3O2. The molecule has 5 heteroatoms. The van der Waals surface area contributed by atoms with Crippen molar-refractivity contribution in [3.63, 3.8) is 0 Å². The average molecular weight is 285 g/mol. The molecule has 1 amide bonds. The Balaban J connectivity index is 2.31. The molecule has 110 valence electrons. The first-order chi connectivity index (χ1) is 10.0. The normalized spacial score (nSPS) is 10.5. The van der Waals surface area contributed by atoms with Gasteiger partial charge in [0, 0.05) is 23.5 Å². The molecule has 0 aliphatic carbocycles. The number of aromatic nitrogens is 2. The number of hydrogen-bond donors (Lipinski definition) is 1. The summed E-state index contributed by atoms with van der Waals surface area (Å²) in [6, 6.07) is 5.38. The number of hydrogen-bond acceptors (Lipinski definition) is 4. The van der Waals surface area contributed by atoms with Crippen LogP contribution in [0.4, 0.5) is 5.82 Å². The Bertz CT molecular complexity index is 654. The Hall–Kier alpha value is -2.43. The van der Waals surface area contributed by atoms with Crippen LogP contribution < -0.4 is 10.1 Å². The van der Waals surface area contributed by atoms with Crippen LogP contribution in [0.1, 0.15) is 41.4 Å². The number of carbonyl (C=O) groups excluding carboxylic acids is 1. The van der Waals surface area contributed by atoms with E-state index in [2.05, 4.69) is 15.3 Å². The van der Waals surface area contributed by atoms with Crippen molar-refractivity contribution in [1.82, 2.24) is 9.97 Å². The highest BCUT2D eigenvalue weighted by Crippen LogP contribution is 2.23. The van der Waals surface area contributed by atoms with Gasteiger partial charge in [0.2, 0.25) is 0 Å². The van der Waals surface area contributed by atoms with Crippen molar-refractivity contribution in [2.24, 2.45) is 0 Å². The number of benzene rings is 1. The van der Waals surface area contributed by atoms with Gasteiger partial charge in [-0.1, -0.05) is 19.9 Å². The van der Waals surface area contributed by atoms with Crippen molar-refractivity contribution in [1.29, 1.82) is 0 Å². The van der Waals surface area contributed by atoms with Crippen LogP contribution in [0.3, 0.4) is 0 Å². The molecule has 0 atom stereocenters. The lowest BCUT2D eigenvalue weighted by Crippen LogP contribution is -2.17. The van der Waals surface area contributed by atoms with Gasteiger partial charge in [-0.2, -0.15) is 0 Å². The van der Waals surface area contributed by atoms with Crippen LogP contribution in [0, 0.1) is 6.92 Å². The predicted octanol–water partition coefficient (Wildman–Crippen LogP) is 3.17. The lowest BCUT2D eigenvalue weighted by molar-refractivity contribution is 0.102. The minimum absolute atomic E-state index is 0.181. The van der Waals surface area contributed by atoms with Gasteiger partial charge in [-0.25, -0.2) is 4.98 Å². The van der Waals surface area contributed by atoms with Gasteiger partial charge in [0.05, 0.1) is 12.8 Å². The maximum atomic E-state index is 12.4. The van der Waals surface area contributed by atoms with E-state index in [0.717, 1.165) is 11.3 Å². The van der Waals surface area contributed by atoms with Crippen molar-refractivity contribution in [3.05, 3.63) is 47.4 Å². The quantitative estimate of drug-likeness (QED) is 0.937. The van der Waals surface area contributed by atoms with E-state index in [4.69, 9.17) is 4.74 Å². The van der Waals surface area contributed by atoms with Crippen LogP contribution in [0.15, 0.2) is 30.6 Å². The predicted molar refractivity (Wildman–Crippen MR) is 81.8 cm³/mol. The van der Waals surface area contributed by atoms with Crippen LogP contribution in [0.2, 0.25) is 0 Å². The highest BCUT2D eigenvalue weighted by Gasteiger charge is 2.16. The first kappa shape index (κ1) is 15.0. The fourth-order valence-corrected chi connectivity index (χ4v) is 2.12. The van der Waals surface area contributed by atoms with Crippen molar-refractivity contribution in [3.8, 4) is 5.75 Å². The summed E-state index contributed by atoms with van der Waals surface area (Å²) in [5, 5.41) is 2.83. The van der Waals surface area contributed by atoms with Crippen LogP contribution in [0.5, 0.6) is 5.75 Å². The summed E-state index contributed by atoms with van der Waals surface area (Å²) in [6.45, 7) is 5.88. The molecule has 5 nitrogen and oxygen atoms in total. The standard InChI is InChI=1S/C16H19N3O2/c1-10(2)14-15(18-9-8-17-14)19-16(20)12-6-5-7-13(21-4)11(12)3/h5-10H,1-4H3,(H,18,19,20). The average Bonchev–Trinajstić information content (AvgIpc) is 2.47. The summed E-state index contributed by atoms with van der Waals surface area (Å²) in [5.41, 5.74) is 2.13. The second-order valence-electron chi connectivity index (χ2n) is 5.03. The van der Waals surface area contributed by atoms with E-state index in [-0.39, 0.29) is 11.8 Å². The number of carbonyl (C=O) groups is 1. The van der Waals surface area contributed by atoms with Gasteiger partial charge in [-0.05, 0) is 25.0 Å². The number of amides is 1. The van der Waals surface area contributed by atoms with Gasteiger partial charge < -0.3 is 10.1 Å².